The Morgan fingerprint density at radius 1 is 1.61 bits per heavy atom. The first-order valence-corrected chi connectivity index (χ1v) is 7.59. The van der Waals surface area contributed by atoms with Gasteiger partial charge >= 0.3 is 0 Å². The molecule has 98 valence electrons. The fraction of sp³-hybridized carbons (Fsp3) is 0.300. The van der Waals surface area contributed by atoms with Gasteiger partial charge in [0.05, 0.1) is 12.4 Å². The third kappa shape index (κ3) is 2.96. The minimum Gasteiger partial charge on any atom is -0.387 e. The van der Waals surface area contributed by atoms with Crippen LogP contribution in [-0.2, 0) is 17.1 Å². The van der Waals surface area contributed by atoms with E-state index in [1.165, 1.54) is 23.9 Å². The summed E-state index contributed by atoms with van der Waals surface area (Å²) in [4.78, 5) is 3.76. The van der Waals surface area contributed by atoms with E-state index < -0.39 is 16.1 Å². The summed E-state index contributed by atoms with van der Waals surface area (Å²) in [5, 5.41) is 13.3. The molecule has 0 amide bonds. The molecule has 0 aliphatic heterocycles. The maximum absolute atomic E-state index is 11.8. The topological polar surface area (TPSA) is 84.2 Å². The van der Waals surface area contributed by atoms with Gasteiger partial charge in [0.1, 0.15) is 0 Å². The monoisotopic (exact) mass is 287 g/mol. The molecule has 2 aromatic rings. The van der Waals surface area contributed by atoms with E-state index >= 15 is 0 Å². The molecule has 2 heterocycles. The number of hydrogen-bond acceptors (Lipinski definition) is 5. The van der Waals surface area contributed by atoms with Crippen LogP contribution in [0.4, 0.5) is 0 Å². The van der Waals surface area contributed by atoms with Crippen LogP contribution in [0.25, 0.3) is 0 Å². The lowest BCUT2D eigenvalue weighted by Crippen LogP contribution is -2.28. The van der Waals surface area contributed by atoms with Crippen LogP contribution in [0, 0.1) is 0 Å². The van der Waals surface area contributed by atoms with E-state index in [0.717, 1.165) is 0 Å². The van der Waals surface area contributed by atoms with Crippen molar-refractivity contribution < 1.29 is 13.5 Å². The Bertz CT molecular complexity index is 604. The zero-order valence-electron chi connectivity index (χ0n) is 9.65. The molecule has 0 fully saturated rings. The van der Waals surface area contributed by atoms with Crippen LogP contribution in [0.3, 0.4) is 0 Å². The summed E-state index contributed by atoms with van der Waals surface area (Å²) in [5.41, 5.74) is 0.698. The first-order valence-electron chi connectivity index (χ1n) is 5.17. The standard InChI is InChI=1S/C10H13N3O3S2/c1-13-5-10(11-7-13)18(15,16)12-4-9(14)8-2-3-17-6-8/h2-3,5-7,9,12,14H,4H2,1H3. The van der Waals surface area contributed by atoms with E-state index in [9.17, 15) is 13.5 Å². The first kappa shape index (κ1) is 13.2. The summed E-state index contributed by atoms with van der Waals surface area (Å²) in [6.45, 7) is -0.0738. The smallest absolute Gasteiger partial charge is 0.259 e. The lowest BCUT2D eigenvalue weighted by Gasteiger charge is -2.09. The Labute approximate surface area is 109 Å². The van der Waals surface area contributed by atoms with Crippen molar-refractivity contribution in [3.63, 3.8) is 0 Å². The highest BCUT2D eigenvalue weighted by Crippen LogP contribution is 2.16. The number of rotatable bonds is 5. The predicted octanol–water partition coefficient (Wildman–Crippen LogP) is 0.493. The van der Waals surface area contributed by atoms with Crippen LogP contribution in [-0.4, -0.2) is 29.6 Å². The third-order valence-electron chi connectivity index (χ3n) is 2.35. The summed E-state index contributed by atoms with van der Waals surface area (Å²) in [6.07, 6.45) is 1.96. The average molecular weight is 287 g/mol. The highest BCUT2D eigenvalue weighted by molar-refractivity contribution is 7.89. The maximum Gasteiger partial charge on any atom is 0.259 e. The lowest BCUT2D eigenvalue weighted by atomic mass is 10.2. The fourth-order valence-electron chi connectivity index (χ4n) is 1.37. The molecule has 2 N–H and O–H groups in total. The second kappa shape index (κ2) is 5.19. The van der Waals surface area contributed by atoms with E-state index in [1.807, 2.05) is 5.38 Å². The van der Waals surface area contributed by atoms with Gasteiger partial charge < -0.3 is 9.67 Å². The molecule has 0 aromatic carbocycles. The molecule has 6 nitrogen and oxygen atoms in total. The fourth-order valence-corrected chi connectivity index (χ4v) is 3.10. The molecule has 2 rings (SSSR count). The molecule has 0 aliphatic rings. The number of aromatic nitrogens is 2. The molecule has 8 heteroatoms. The molecule has 18 heavy (non-hydrogen) atoms. The van der Waals surface area contributed by atoms with Crippen molar-refractivity contribution in [2.45, 2.75) is 11.1 Å². The number of nitrogens with one attached hydrogen (secondary N) is 1. The van der Waals surface area contributed by atoms with Gasteiger partial charge in [0.2, 0.25) is 0 Å². The average Bonchev–Trinajstić information content (AvgIpc) is 2.96. The highest BCUT2D eigenvalue weighted by Gasteiger charge is 2.18. The van der Waals surface area contributed by atoms with Gasteiger partial charge in [-0.2, -0.15) is 11.3 Å². The second-order valence-electron chi connectivity index (χ2n) is 3.80. The lowest BCUT2D eigenvalue weighted by molar-refractivity contribution is 0.182. The molecule has 0 radical (unpaired) electrons. The van der Waals surface area contributed by atoms with Gasteiger partial charge in [-0.1, -0.05) is 0 Å². The van der Waals surface area contributed by atoms with Crippen molar-refractivity contribution >= 4 is 21.4 Å². The number of aliphatic hydroxyl groups excluding tert-OH is 1. The molecule has 1 atom stereocenters. The van der Waals surface area contributed by atoms with Crippen LogP contribution in [0.1, 0.15) is 11.7 Å². The van der Waals surface area contributed by atoms with Gasteiger partial charge in [-0.25, -0.2) is 18.1 Å². The molecule has 1 unspecified atom stereocenters. The number of aryl methyl sites for hydroxylation is 1. The van der Waals surface area contributed by atoms with Crippen LogP contribution < -0.4 is 4.72 Å². The normalized spacial score (nSPS) is 13.7. The molecular formula is C10H13N3O3S2. The Hall–Kier alpha value is -1.22. The molecule has 0 saturated heterocycles. The van der Waals surface area contributed by atoms with E-state index in [4.69, 9.17) is 0 Å². The third-order valence-corrected chi connectivity index (χ3v) is 4.36. The van der Waals surface area contributed by atoms with Crippen LogP contribution in [0.15, 0.2) is 34.4 Å². The molecule has 0 bridgehead atoms. The predicted molar refractivity (Wildman–Crippen MR) is 67.7 cm³/mol. The van der Waals surface area contributed by atoms with Crippen molar-refractivity contribution in [1.29, 1.82) is 0 Å². The van der Waals surface area contributed by atoms with Crippen LogP contribution >= 0.6 is 11.3 Å². The molecule has 0 saturated carbocycles. The number of aliphatic hydroxyl groups is 1. The Kier molecular flexibility index (Phi) is 3.81. The van der Waals surface area contributed by atoms with Gasteiger partial charge in [-0.15, -0.1) is 0 Å². The molecule has 2 aromatic heterocycles. The highest BCUT2D eigenvalue weighted by atomic mass is 32.2. The van der Waals surface area contributed by atoms with Crippen molar-refractivity contribution in [3.8, 4) is 0 Å². The summed E-state index contributed by atoms with van der Waals surface area (Å²) in [7, 11) is -1.98. The number of hydrogen-bond donors (Lipinski definition) is 2. The zero-order valence-corrected chi connectivity index (χ0v) is 11.3. The molecular weight excluding hydrogens is 274 g/mol. The Morgan fingerprint density at radius 2 is 2.39 bits per heavy atom. The van der Waals surface area contributed by atoms with Crippen LogP contribution in [0.2, 0.25) is 0 Å². The number of imidazole rings is 1. The van der Waals surface area contributed by atoms with Crippen LogP contribution in [0.5, 0.6) is 0 Å². The first-order chi connectivity index (χ1) is 8.49. The van der Waals surface area contributed by atoms with Gasteiger partial charge in [0.15, 0.2) is 5.03 Å². The van der Waals surface area contributed by atoms with Crippen molar-refractivity contribution in [1.82, 2.24) is 14.3 Å². The van der Waals surface area contributed by atoms with Gasteiger partial charge in [-0.05, 0) is 22.4 Å². The largest absolute Gasteiger partial charge is 0.387 e. The maximum atomic E-state index is 11.8. The van der Waals surface area contributed by atoms with E-state index in [0.29, 0.717) is 5.56 Å². The number of thiophene rings is 1. The Morgan fingerprint density at radius 3 is 2.94 bits per heavy atom. The minimum atomic E-state index is -3.66. The minimum absolute atomic E-state index is 0.0532. The zero-order chi connectivity index (χ0) is 13.2. The quantitative estimate of drug-likeness (QED) is 0.838. The van der Waals surface area contributed by atoms with Crippen molar-refractivity contribution in [3.05, 3.63) is 34.9 Å². The van der Waals surface area contributed by atoms with Gasteiger partial charge in [-0.3, -0.25) is 0 Å². The second-order valence-corrected chi connectivity index (χ2v) is 6.30. The van der Waals surface area contributed by atoms with Crippen molar-refractivity contribution in [2.75, 3.05) is 6.54 Å². The van der Waals surface area contributed by atoms with Crippen molar-refractivity contribution in [2.24, 2.45) is 7.05 Å². The Balaban J connectivity index is 2.02. The summed E-state index contributed by atoms with van der Waals surface area (Å²) in [5.74, 6) is 0. The summed E-state index contributed by atoms with van der Waals surface area (Å²) >= 11 is 1.45. The van der Waals surface area contributed by atoms with Gasteiger partial charge in [0, 0.05) is 19.8 Å². The van der Waals surface area contributed by atoms with Gasteiger partial charge in [0.25, 0.3) is 10.0 Å². The van der Waals surface area contributed by atoms with E-state index in [1.54, 1.807) is 23.1 Å². The summed E-state index contributed by atoms with van der Waals surface area (Å²) < 4.78 is 27.5. The molecule has 0 aliphatic carbocycles. The number of sulfonamides is 1. The van der Waals surface area contributed by atoms with E-state index in [-0.39, 0.29) is 11.6 Å². The molecule has 0 spiro atoms. The summed E-state index contributed by atoms with van der Waals surface area (Å²) in [6, 6.07) is 1.75. The SMILES string of the molecule is Cn1cnc(S(=O)(=O)NCC(O)c2ccsc2)c1. The van der Waals surface area contributed by atoms with E-state index in [2.05, 4.69) is 9.71 Å². The number of nitrogens with zero attached hydrogens (tertiary/aromatic N) is 2.